The van der Waals surface area contributed by atoms with Gasteiger partial charge in [0.25, 0.3) is 5.91 Å². The van der Waals surface area contributed by atoms with Gasteiger partial charge in [0.1, 0.15) is 0 Å². The highest BCUT2D eigenvalue weighted by atomic mass is 16.4. The van der Waals surface area contributed by atoms with Gasteiger partial charge in [0.2, 0.25) is 0 Å². The van der Waals surface area contributed by atoms with Gasteiger partial charge in [-0.25, -0.2) is 4.68 Å². The van der Waals surface area contributed by atoms with Gasteiger partial charge < -0.3 is 10.0 Å². The average Bonchev–Trinajstić information content (AvgIpc) is 3.27. The number of amides is 1. The van der Waals surface area contributed by atoms with Crippen molar-refractivity contribution in [1.82, 2.24) is 24.9 Å². The maximum Gasteiger partial charge on any atom is 0.305 e. The quantitative estimate of drug-likeness (QED) is 0.761. The van der Waals surface area contributed by atoms with Gasteiger partial charge in [0.05, 0.1) is 23.3 Å². The molecule has 0 spiro atoms. The molecule has 1 amide bonds. The number of aromatic nitrogens is 4. The molecular formula is C19H19N5O3. The first kappa shape index (κ1) is 17.1. The monoisotopic (exact) mass is 365 g/mol. The van der Waals surface area contributed by atoms with Crippen LogP contribution >= 0.6 is 0 Å². The number of hydrogen-bond acceptors (Lipinski definition) is 5. The van der Waals surface area contributed by atoms with E-state index in [4.69, 9.17) is 5.11 Å². The predicted octanol–water partition coefficient (Wildman–Crippen LogP) is 2.20. The predicted molar refractivity (Wildman–Crippen MR) is 97.7 cm³/mol. The fourth-order valence-electron chi connectivity index (χ4n) is 3.62. The van der Waals surface area contributed by atoms with Crippen molar-refractivity contribution in [3.8, 4) is 5.69 Å². The summed E-state index contributed by atoms with van der Waals surface area (Å²) >= 11 is 0. The van der Waals surface area contributed by atoms with Crippen LogP contribution in [0.5, 0.6) is 0 Å². The first-order valence-corrected chi connectivity index (χ1v) is 8.85. The molecule has 2 aromatic heterocycles. The average molecular weight is 365 g/mol. The molecule has 1 aliphatic rings. The summed E-state index contributed by atoms with van der Waals surface area (Å²) in [6.07, 6.45) is 3.19. The summed E-state index contributed by atoms with van der Waals surface area (Å²) in [5.74, 6) is -1.16. The summed E-state index contributed by atoms with van der Waals surface area (Å²) < 4.78 is 1.63. The minimum Gasteiger partial charge on any atom is -0.481 e. The second kappa shape index (κ2) is 6.79. The molecule has 1 fully saturated rings. The van der Waals surface area contributed by atoms with Crippen LogP contribution in [0.15, 0.2) is 36.5 Å². The molecule has 27 heavy (non-hydrogen) atoms. The molecule has 1 aliphatic heterocycles. The third-order valence-electron chi connectivity index (χ3n) is 4.98. The molecule has 1 N–H and O–H groups in total. The zero-order chi connectivity index (χ0) is 19.0. The number of pyridine rings is 1. The number of rotatable bonds is 4. The van der Waals surface area contributed by atoms with Crippen LogP contribution in [0.3, 0.4) is 0 Å². The number of fused-ring (bicyclic) bond motifs is 1. The third-order valence-corrected chi connectivity index (χ3v) is 4.98. The van der Waals surface area contributed by atoms with E-state index in [0.29, 0.717) is 18.7 Å². The van der Waals surface area contributed by atoms with Crippen LogP contribution in [0, 0.1) is 6.92 Å². The second-order valence-electron chi connectivity index (χ2n) is 6.71. The number of likely N-dealkylation sites (tertiary alicyclic amines) is 1. The SMILES string of the molecule is Cc1c(C(=O)N2CCCC2CC(=O)O)nnn1-c1ccc2ncccc2c1. The van der Waals surface area contributed by atoms with Crippen LogP contribution in [0.2, 0.25) is 0 Å². The fourth-order valence-corrected chi connectivity index (χ4v) is 3.62. The lowest BCUT2D eigenvalue weighted by Crippen LogP contribution is -2.37. The molecular weight excluding hydrogens is 346 g/mol. The van der Waals surface area contributed by atoms with E-state index in [1.54, 1.807) is 22.7 Å². The van der Waals surface area contributed by atoms with Crippen molar-refractivity contribution >= 4 is 22.8 Å². The highest BCUT2D eigenvalue weighted by Gasteiger charge is 2.33. The molecule has 3 aromatic rings. The maximum atomic E-state index is 12.9. The number of carbonyl (C=O) groups is 2. The highest BCUT2D eigenvalue weighted by Crippen LogP contribution is 2.24. The van der Waals surface area contributed by atoms with E-state index in [-0.39, 0.29) is 24.1 Å². The Labute approximate surface area is 155 Å². The van der Waals surface area contributed by atoms with Gasteiger partial charge in [-0.3, -0.25) is 14.6 Å². The maximum absolute atomic E-state index is 12.9. The lowest BCUT2D eigenvalue weighted by atomic mass is 10.1. The molecule has 0 radical (unpaired) electrons. The van der Waals surface area contributed by atoms with Gasteiger partial charge in [-0.15, -0.1) is 5.10 Å². The Bertz CT molecular complexity index is 1030. The lowest BCUT2D eigenvalue weighted by molar-refractivity contribution is -0.137. The summed E-state index contributed by atoms with van der Waals surface area (Å²) in [6, 6.07) is 9.27. The van der Waals surface area contributed by atoms with Crippen molar-refractivity contribution in [3.63, 3.8) is 0 Å². The topological polar surface area (TPSA) is 101 Å². The number of nitrogens with zero attached hydrogens (tertiary/aromatic N) is 5. The van der Waals surface area contributed by atoms with E-state index in [1.807, 2.05) is 30.3 Å². The Morgan fingerprint density at radius 2 is 2.15 bits per heavy atom. The van der Waals surface area contributed by atoms with Crippen LogP contribution in [0.4, 0.5) is 0 Å². The number of hydrogen-bond donors (Lipinski definition) is 1. The Hall–Kier alpha value is -3.29. The summed E-state index contributed by atoms with van der Waals surface area (Å²) in [5.41, 5.74) is 2.56. The van der Waals surface area contributed by atoms with Crippen molar-refractivity contribution in [2.45, 2.75) is 32.2 Å². The number of carboxylic acid groups (broad SMARTS) is 1. The van der Waals surface area contributed by atoms with Crippen molar-refractivity contribution < 1.29 is 14.7 Å². The van der Waals surface area contributed by atoms with Gasteiger partial charge in [0, 0.05) is 24.2 Å². The van der Waals surface area contributed by atoms with E-state index < -0.39 is 5.97 Å². The van der Waals surface area contributed by atoms with E-state index in [0.717, 1.165) is 23.0 Å². The van der Waals surface area contributed by atoms with Crippen molar-refractivity contribution in [1.29, 1.82) is 0 Å². The molecule has 0 aliphatic carbocycles. The lowest BCUT2D eigenvalue weighted by Gasteiger charge is -2.22. The molecule has 1 aromatic carbocycles. The van der Waals surface area contributed by atoms with Crippen molar-refractivity contribution in [2.75, 3.05) is 6.54 Å². The van der Waals surface area contributed by atoms with Crippen LogP contribution in [0.25, 0.3) is 16.6 Å². The van der Waals surface area contributed by atoms with E-state index in [1.165, 1.54) is 0 Å². The minimum absolute atomic E-state index is 0.0450. The molecule has 1 saturated heterocycles. The molecule has 138 valence electrons. The van der Waals surface area contributed by atoms with Crippen LogP contribution in [-0.2, 0) is 4.79 Å². The van der Waals surface area contributed by atoms with Gasteiger partial charge in [-0.2, -0.15) is 0 Å². The zero-order valence-electron chi connectivity index (χ0n) is 14.9. The molecule has 1 atom stereocenters. The Morgan fingerprint density at radius 1 is 1.30 bits per heavy atom. The molecule has 8 nitrogen and oxygen atoms in total. The molecule has 3 heterocycles. The van der Waals surface area contributed by atoms with Crippen LogP contribution in [-0.4, -0.2) is 54.4 Å². The van der Waals surface area contributed by atoms with Gasteiger partial charge in [-0.05, 0) is 44.0 Å². The van der Waals surface area contributed by atoms with E-state index in [9.17, 15) is 9.59 Å². The molecule has 0 bridgehead atoms. The number of carboxylic acids is 1. The smallest absolute Gasteiger partial charge is 0.305 e. The van der Waals surface area contributed by atoms with Crippen LogP contribution < -0.4 is 0 Å². The Morgan fingerprint density at radius 3 is 2.96 bits per heavy atom. The standard InChI is InChI=1S/C19H19N5O3/c1-12-18(19(27)23-9-3-5-14(23)11-17(25)26)21-22-24(12)15-6-7-16-13(10-15)4-2-8-20-16/h2,4,6-8,10,14H,3,5,9,11H2,1H3,(H,25,26). The minimum atomic E-state index is -0.898. The van der Waals surface area contributed by atoms with Gasteiger partial charge in [0.15, 0.2) is 5.69 Å². The third kappa shape index (κ3) is 3.14. The molecule has 8 heteroatoms. The largest absolute Gasteiger partial charge is 0.481 e. The highest BCUT2D eigenvalue weighted by molar-refractivity contribution is 5.94. The van der Waals surface area contributed by atoms with Crippen molar-refractivity contribution in [3.05, 3.63) is 47.9 Å². The molecule has 4 rings (SSSR count). The van der Waals surface area contributed by atoms with Crippen LogP contribution in [0.1, 0.15) is 35.4 Å². The first-order valence-electron chi connectivity index (χ1n) is 8.85. The number of carbonyl (C=O) groups excluding carboxylic acids is 1. The second-order valence-corrected chi connectivity index (χ2v) is 6.71. The number of aliphatic carboxylic acids is 1. The van der Waals surface area contributed by atoms with E-state index in [2.05, 4.69) is 15.3 Å². The van der Waals surface area contributed by atoms with Gasteiger partial charge >= 0.3 is 5.97 Å². The summed E-state index contributed by atoms with van der Waals surface area (Å²) in [7, 11) is 0. The zero-order valence-corrected chi connectivity index (χ0v) is 14.9. The molecule has 0 saturated carbocycles. The normalized spacial score (nSPS) is 16.8. The number of benzene rings is 1. The summed E-state index contributed by atoms with van der Waals surface area (Å²) in [4.78, 5) is 29.9. The fraction of sp³-hybridized carbons (Fsp3) is 0.316. The summed E-state index contributed by atoms with van der Waals surface area (Å²) in [6.45, 7) is 2.34. The van der Waals surface area contributed by atoms with Gasteiger partial charge in [-0.1, -0.05) is 11.3 Å². The van der Waals surface area contributed by atoms with Crippen molar-refractivity contribution in [2.24, 2.45) is 0 Å². The Kier molecular flexibility index (Phi) is 4.31. The molecule has 1 unspecified atom stereocenters. The van der Waals surface area contributed by atoms with E-state index >= 15 is 0 Å². The summed E-state index contributed by atoms with van der Waals surface area (Å²) in [5, 5.41) is 18.3. The Balaban J connectivity index is 1.65. The first-order chi connectivity index (χ1) is 13.0.